The van der Waals surface area contributed by atoms with Crippen LogP contribution in [0.3, 0.4) is 0 Å². The Labute approximate surface area is 223 Å². The SMILES string of the molecule is Cc1cc(Oc2cccc(F)c2)ccc1N1C(=O)Nc2c(C(=O)NC3CCCN(C)C3)sc3nccc1c23. The number of likely N-dealkylation sites (N-methyl/N-ethyl adjacent to an activating group) is 1. The zero-order valence-corrected chi connectivity index (χ0v) is 21.8. The van der Waals surface area contributed by atoms with Crippen molar-refractivity contribution in [2.24, 2.45) is 0 Å². The predicted octanol–water partition coefficient (Wildman–Crippen LogP) is 6.04. The zero-order chi connectivity index (χ0) is 26.4. The maximum Gasteiger partial charge on any atom is 0.331 e. The highest BCUT2D eigenvalue weighted by atomic mass is 32.1. The number of pyridine rings is 1. The standard InChI is InChI=1S/C28H26FN5O3S/c1-16-13-20(37-19-7-3-5-17(29)14-19)8-9-21(16)34-22-10-11-30-27-23(22)24(32-28(34)36)25(38-27)26(35)31-18-6-4-12-33(2)15-18/h3,5,7-11,13-14,18H,4,6,12,15H2,1-2H3,(H,31,35)(H,32,36). The molecule has 0 aliphatic carbocycles. The molecule has 0 radical (unpaired) electrons. The number of aryl methyl sites for hydroxylation is 1. The van der Waals surface area contributed by atoms with Crippen LogP contribution in [0.4, 0.5) is 26.2 Å². The maximum atomic E-state index is 13.6. The van der Waals surface area contributed by atoms with Gasteiger partial charge in [0.05, 0.1) is 22.4 Å². The normalized spacial score (nSPS) is 17.4. The van der Waals surface area contributed by atoms with Gasteiger partial charge in [-0.05, 0) is 75.3 Å². The number of amides is 3. The number of nitrogens with zero attached hydrogens (tertiary/aromatic N) is 3. The van der Waals surface area contributed by atoms with E-state index in [1.165, 1.54) is 23.5 Å². The van der Waals surface area contributed by atoms with Crippen molar-refractivity contribution in [3.63, 3.8) is 0 Å². The number of rotatable bonds is 5. The number of nitrogens with one attached hydrogen (secondary N) is 2. The topological polar surface area (TPSA) is 86.8 Å². The molecule has 2 N–H and O–H groups in total. The lowest BCUT2D eigenvalue weighted by atomic mass is 10.1. The van der Waals surface area contributed by atoms with Crippen LogP contribution in [0.5, 0.6) is 11.5 Å². The number of anilines is 3. The van der Waals surface area contributed by atoms with Gasteiger partial charge in [-0.1, -0.05) is 6.07 Å². The van der Waals surface area contributed by atoms with Gasteiger partial charge in [0.15, 0.2) is 0 Å². The molecule has 2 aromatic carbocycles. The summed E-state index contributed by atoms with van der Waals surface area (Å²) in [4.78, 5) is 36.2. The number of hydrogen-bond acceptors (Lipinski definition) is 6. The van der Waals surface area contributed by atoms with E-state index in [1.54, 1.807) is 47.5 Å². The predicted molar refractivity (Wildman–Crippen MR) is 146 cm³/mol. The molecule has 4 heterocycles. The number of aromatic nitrogens is 1. The molecule has 2 aliphatic heterocycles. The lowest BCUT2D eigenvalue weighted by Gasteiger charge is -2.31. The molecule has 4 aromatic rings. The lowest BCUT2D eigenvalue weighted by Crippen LogP contribution is -2.46. The summed E-state index contributed by atoms with van der Waals surface area (Å²) in [5.74, 6) is 0.334. The van der Waals surface area contributed by atoms with E-state index in [9.17, 15) is 14.0 Å². The molecule has 38 heavy (non-hydrogen) atoms. The summed E-state index contributed by atoms with van der Waals surface area (Å²) in [5, 5.41) is 6.83. The molecule has 2 aliphatic rings. The van der Waals surface area contributed by atoms with Gasteiger partial charge < -0.3 is 20.3 Å². The Balaban J connectivity index is 1.32. The summed E-state index contributed by atoms with van der Waals surface area (Å²) < 4.78 is 19.4. The number of halogens is 1. The molecular formula is C28H26FN5O3S. The first-order valence-electron chi connectivity index (χ1n) is 12.4. The number of thiophene rings is 1. The van der Waals surface area contributed by atoms with Crippen LogP contribution in [0, 0.1) is 12.7 Å². The third-order valence-electron chi connectivity index (χ3n) is 6.85. The van der Waals surface area contributed by atoms with Gasteiger partial charge in [0.1, 0.15) is 27.0 Å². The third kappa shape index (κ3) is 4.46. The first kappa shape index (κ1) is 24.3. The van der Waals surface area contributed by atoms with Crippen molar-refractivity contribution in [3.8, 4) is 11.5 Å². The van der Waals surface area contributed by atoms with Crippen LogP contribution in [0.15, 0.2) is 54.7 Å². The van der Waals surface area contributed by atoms with Gasteiger partial charge in [0, 0.05) is 24.8 Å². The van der Waals surface area contributed by atoms with Crippen LogP contribution in [0.25, 0.3) is 10.2 Å². The average molecular weight is 532 g/mol. The number of piperidine rings is 1. The molecule has 1 atom stereocenters. The van der Waals surface area contributed by atoms with E-state index in [4.69, 9.17) is 4.74 Å². The van der Waals surface area contributed by atoms with Crippen LogP contribution >= 0.6 is 11.3 Å². The number of benzene rings is 2. The number of likely N-dealkylation sites (tertiary alicyclic amines) is 1. The molecule has 2 aromatic heterocycles. The Morgan fingerprint density at radius 3 is 2.82 bits per heavy atom. The zero-order valence-electron chi connectivity index (χ0n) is 21.0. The molecule has 194 valence electrons. The fourth-order valence-corrected chi connectivity index (χ4v) is 6.15. The van der Waals surface area contributed by atoms with Crippen LogP contribution < -0.4 is 20.3 Å². The minimum atomic E-state index is -0.381. The quantitative estimate of drug-likeness (QED) is 0.328. The van der Waals surface area contributed by atoms with Crippen molar-refractivity contribution >= 4 is 50.6 Å². The molecule has 1 fully saturated rings. The molecule has 0 spiro atoms. The van der Waals surface area contributed by atoms with Crippen LogP contribution in [-0.2, 0) is 0 Å². The first-order valence-corrected chi connectivity index (χ1v) is 13.2. The van der Waals surface area contributed by atoms with Gasteiger partial charge >= 0.3 is 6.03 Å². The number of urea groups is 1. The van der Waals surface area contributed by atoms with Gasteiger partial charge in [-0.2, -0.15) is 0 Å². The van der Waals surface area contributed by atoms with Crippen molar-refractivity contribution in [1.82, 2.24) is 15.2 Å². The lowest BCUT2D eigenvalue weighted by molar-refractivity contribution is 0.0917. The Kier molecular flexibility index (Phi) is 6.21. The van der Waals surface area contributed by atoms with E-state index in [1.807, 2.05) is 6.92 Å². The van der Waals surface area contributed by atoms with Crippen LogP contribution in [0.1, 0.15) is 28.1 Å². The minimum absolute atomic E-state index is 0.0673. The van der Waals surface area contributed by atoms with Gasteiger partial charge in [-0.15, -0.1) is 11.3 Å². The summed E-state index contributed by atoms with van der Waals surface area (Å²) in [7, 11) is 2.05. The number of carbonyl (C=O) groups excluding carboxylic acids is 2. The van der Waals surface area contributed by atoms with Crippen molar-refractivity contribution in [3.05, 3.63) is 71.0 Å². The van der Waals surface area contributed by atoms with Gasteiger partial charge in [-0.25, -0.2) is 14.2 Å². The molecular weight excluding hydrogens is 505 g/mol. The highest BCUT2D eigenvalue weighted by molar-refractivity contribution is 7.21. The second kappa shape index (κ2) is 9.70. The summed E-state index contributed by atoms with van der Waals surface area (Å²) in [6, 6.07) is 12.7. The second-order valence-corrected chi connectivity index (χ2v) is 10.7. The van der Waals surface area contributed by atoms with Crippen LogP contribution in [-0.4, -0.2) is 48.0 Å². The second-order valence-electron chi connectivity index (χ2n) is 9.66. The molecule has 1 saturated heterocycles. The van der Waals surface area contributed by atoms with Gasteiger partial charge in [0.25, 0.3) is 5.91 Å². The Morgan fingerprint density at radius 2 is 2.03 bits per heavy atom. The van der Waals surface area contributed by atoms with E-state index < -0.39 is 0 Å². The fraction of sp³-hybridized carbons (Fsp3) is 0.250. The molecule has 10 heteroatoms. The summed E-state index contributed by atoms with van der Waals surface area (Å²) in [6.07, 6.45) is 3.61. The molecule has 6 rings (SSSR count). The largest absolute Gasteiger partial charge is 0.457 e. The molecule has 0 saturated carbocycles. The molecule has 3 amide bonds. The molecule has 8 nitrogen and oxygen atoms in total. The van der Waals surface area contributed by atoms with E-state index in [0.29, 0.717) is 38.3 Å². The Hall–Kier alpha value is -4.02. The smallest absolute Gasteiger partial charge is 0.331 e. The number of hydrogen-bond donors (Lipinski definition) is 2. The number of carbonyl (C=O) groups is 2. The highest BCUT2D eigenvalue weighted by Crippen LogP contribution is 2.46. The average Bonchev–Trinajstić information content (AvgIpc) is 3.25. The third-order valence-corrected chi connectivity index (χ3v) is 7.95. The van der Waals surface area contributed by atoms with E-state index in [-0.39, 0.29) is 23.8 Å². The van der Waals surface area contributed by atoms with Crippen molar-refractivity contribution in [1.29, 1.82) is 0 Å². The Morgan fingerprint density at radius 1 is 1.18 bits per heavy atom. The number of ether oxygens (including phenoxy) is 1. The first-order chi connectivity index (χ1) is 18.4. The van der Waals surface area contributed by atoms with Crippen molar-refractivity contribution < 1.29 is 18.7 Å². The summed E-state index contributed by atoms with van der Waals surface area (Å²) >= 11 is 1.28. The van der Waals surface area contributed by atoms with Crippen molar-refractivity contribution in [2.45, 2.75) is 25.8 Å². The van der Waals surface area contributed by atoms with Gasteiger partial charge in [-0.3, -0.25) is 9.69 Å². The van der Waals surface area contributed by atoms with Crippen LogP contribution in [0.2, 0.25) is 0 Å². The fourth-order valence-electron chi connectivity index (χ4n) is 5.13. The van der Waals surface area contributed by atoms with Gasteiger partial charge in [0.2, 0.25) is 0 Å². The monoisotopic (exact) mass is 531 g/mol. The van der Waals surface area contributed by atoms with E-state index >= 15 is 0 Å². The maximum absolute atomic E-state index is 13.6. The summed E-state index contributed by atoms with van der Waals surface area (Å²) in [6.45, 7) is 3.70. The minimum Gasteiger partial charge on any atom is -0.457 e. The molecule has 1 unspecified atom stereocenters. The molecule has 0 bridgehead atoms. The van der Waals surface area contributed by atoms with E-state index in [0.717, 1.165) is 36.9 Å². The Bertz CT molecular complexity index is 1570. The highest BCUT2D eigenvalue weighted by Gasteiger charge is 2.34. The summed E-state index contributed by atoms with van der Waals surface area (Å²) in [5.41, 5.74) is 2.61. The van der Waals surface area contributed by atoms with Crippen molar-refractivity contribution in [2.75, 3.05) is 30.4 Å². The van der Waals surface area contributed by atoms with E-state index in [2.05, 4.69) is 27.6 Å².